The second-order valence-electron chi connectivity index (χ2n) is 7.70. The molecule has 1 amide bonds. The van der Waals surface area contributed by atoms with Crippen molar-refractivity contribution >= 4 is 38.1 Å². The maximum Gasteiger partial charge on any atom is 0.235 e. The zero-order valence-corrected chi connectivity index (χ0v) is 17.9. The summed E-state index contributed by atoms with van der Waals surface area (Å²) in [5, 5.41) is 5.17. The Bertz CT molecular complexity index is 1180. The first-order chi connectivity index (χ1) is 14.5. The number of hydrogen-bond donors (Lipinski definition) is 1. The van der Waals surface area contributed by atoms with Gasteiger partial charge in [-0.1, -0.05) is 49.4 Å². The van der Waals surface area contributed by atoms with Crippen molar-refractivity contribution in [1.29, 1.82) is 0 Å². The van der Waals surface area contributed by atoms with Crippen LogP contribution < -0.4 is 9.62 Å². The van der Waals surface area contributed by atoms with Crippen LogP contribution in [-0.2, 0) is 27.7 Å². The van der Waals surface area contributed by atoms with Crippen LogP contribution in [0.1, 0.15) is 30.9 Å². The molecule has 0 radical (unpaired) electrons. The van der Waals surface area contributed by atoms with Crippen LogP contribution in [0.5, 0.6) is 0 Å². The van der Waals surface area contributed by atoms with E-state index in [0.717, 1.165) is 40.4 Å². The van der Waals surface area contributed by atoms with E-state index in [2.05, 4.69) is 5.32 Å². The fourth-order valence-electron chi connectivity index (χ4n) is 4.12. The second-order valence-corrected chi connectivity index (χ2v) is 9.71. The molecule has 0 bridgehead atoms. The van der Waals surface area contributed by atoms with E-state index in [0.29, 0.717) is 18.7 Å². The predicted octanol–water partition coefficient (Wildman–Crippen LogP) is 4.51. The minimum Gasteiger partial charge on any atom is -0.326 e. The summed E-state index contributed by atoms with van der Waals surface area (Å²) < 4.78 is 26.7. The third kappa shape index (κ3) is 4.19. The van der Waals surface area contributed by atoms with Crippen LogP contribution in [0.2, 0.25) is 0 Å². The van der Waals surface area contributed by atoms with Crippen molar-refractivity contribution in [3.05, 3.63) is 71.8 Å². The van der Waals surface area contributed by atoms with E-state index in [9.17, 15) is 13.2 Å². The van der Waals surface area contributed by atoms with Gasteiger partial charge in [-0.15, -0.1) is 0 Å². The summed E-state index contributed by atoms with van der Waals surface area (Å²) in [6.07, 6.45) is 2.47. The van der Waals surface area contributed by atoms with E-state index in [4.69, 9.17) is 0 Å². The number of amides is 1. The van der Waals surface area contributed by atoms with Crippen LogP contribution in [0.25, 0.3) is 10.8 Å². The largest absolute Gasteiger partial charge is 0.326 e. The monoisotopic (exact) mass is 422 g/mol. The highest BCUT2D eigenvalue weighted by Gasteiger charge is 2.26. The maximum absolute atomic E-state index is 12.7. The molecule has 6 heteroatoms. The highest BCUT2D eigenvalue weighted by Crippen LogP contribution is 2.32. The first-order valence-electron chi connectivity index (χ1n) is 10.4. The van der Waals surface area contributed by atoms with Gasteiger partial charge in [0.2, 0.25) is 15.9 Å². The van der Waals surface area contributed by atoms with E-state index in [1.807, 2.05) is 61.5 Å². The van der Waals surface area contributed by atoms with Gasteiger partial charge in [-0.2, -0.15) is 0 Å². The fourth-order valence-corrected chi connectivity index (χ4v) is 5.74. The van der Waals surface area contributed by atoms with E-state index < -0.39 is 10.0 Å². The van der Waals surface area contributed by atoms with Crippen LogP contribution in [0.4, 0.5) is 11.4 Å². The molecule has 3 aromatic carbocycles. The van der Waals surface area contributed by atoms with Gasteiger partial charge >= 0.3 is 0 Å². The number of aryl methyl sites for hydroxylation is 1. The summed E-state index contributed by atoms with van der Waals surface area (Å²) in [5.74, 6) is 0.0632. The molecule has 4 rings (SSSR count). The van der Waals surface area contributed by atoms with Crippen LogP contribution in [-0.4, -0.2) is 26.6 Å². The molecule has 1 aliphatic heterocycles. The molecule has 0 atom stereocenters. The zero-order chi connectivity index (χ0) is 21.1. The Labute approximate surface area is 177 Å². The molecular formula is C24H26N2O3S. The number of benzene rings is 3. The number of anilines is 2. The lowest BCUT2D eigenvalue weighted by Crippen LogP contribution is -2.37. The molecule has 0 saturated carbocycles. The van der Waals surface area contributed by atoms with Gasteiger partial charge in [-0.25, -0.2) is 8.42 Å². The maximum atomic E-state index is 12.7. The SMILES string of the molecule is CCCS(=O)(=O)N1CCCc2cc(NC(=O)Cc3cccc4ccccc34)ccc21. The highest BCUT2D eigenvalue weighted by molar-refractivity contribution is 7.92. The molecule has 0 fully saturated rings. The van der Waals surface area contributed by atoms with Gasteiger partial charge in [0, 0.05) is 12.2 Å². The van der Waals surface area contributed by atoms with Crippen LogP contribution in [0.15, 0.2) is 60.7 Å². The van der Waals surface area contributed by atoms with Crippen molar-refractivity contribution in [1.82, 2.24) is 0 Å². The van der Waals surface area contributed by atoms with Crippen molar-refractivity contribution in [2.45, 2.75) is 32.6 Å². The molecule has 0 aromatic heterocycles. The summed E-state index contributed by atoms with van der Waals surface area (Å²) >= 11 is 0. The molecule has 1 N–H and O–H groups in total. The quantitative estimate of drug-likeness (QED) is 0.635. The van der Waals surface area contributed by atoms with Crippen LogP contribution in [0, 0.1) is 0 Å². The number of rotatable bonds is 6. The number of carbonyl (C=O) groups is 1. The Morgan fingerprint density at radius 1 is 1.07 bits per heavy atom. The molecule has 3 aromatic rings. The zero-order valence-electron chi connectivity index (χ0n) is 17.1. The van der Waals surface area contributed by atoms with Crippen LogP contribution >= 0.6 is 0 Å². The minimum atomic E-state index is -3.30. The Morgan fingerprint density at radius 2 is 1.87 bits per heavy atom. The molecule has 30 heavy (non-hydrogen) atoms. The average Bonchev–Trinajstić information content (AvgIpc) is 2.73. The molecule has 156 valence electrons. The Hall–Kier alpha value is -2.86. The lowest BCUT2D eigenvalue weighted by Gasteiger charge is -2.30. The lowest BCUT2D eigenvalue weighted by atomic mass is 10.0. The first-order valence-corrected chi connectivity index (χ1v) is 12.0. The van der Waals surface area contributed by atoms with Gasteiger partial charge in [0.25, 0.3) is 0 Å². The number of carbonyl (C=O) groups excluding carboxylic acids is 1. The van der Waals surface area contributed by atoms with Crippen LogP contribution in [0.3, 0.4) is 0 Å². The Morgan fingerprint density at radius 3 is 2.70 bits per heavy atom. The number of nitrogens with zero attached hydrogens (tertiary/aromatic N) is 1. The molecule has 0 saturated heterocycles. The highest BCUT2D eigenvalue weighted by atomic mass is 32.2. The number of hydrogen-bond acceptors (Lipinski definition) is 3. The fraction of sp³-hybridized carbons (Fsp3) is 0.292. The van der Waals surface area contributed by atoms with E-state index in [1.54, 1.807) is 6.07 Å². The van der Waals surface area contributed by atoms with Crippen molar-refractivity contribution in [2.75, 3.05) is 21.9 Å². The van der Waals surface area contributed by atoms with Gasteiger partial charge in [-0.3, -0.25) is 9.10 Å². The molecule has 1 heterocycles. The molecule has 1 aliphatic rings. The standard InChI is InChI=1S/C24H26N2O3S/c1-2-15-30(28,29)26-14-6-10-20-16-21(12-13-23(20)26)25-24(27)17-19-9-5-8-18-7-3-4-11-22(18)19/h3-5,7-9,11-13,16H,2,6,10,14-15,17H2,1H3,(H,25,27). The van der Waals surface area contributed by atoms with Gasteiger partial charge in [0.05, 0.1) is 17.9 Å². The normalized spacial score (nSPS) is 13.8. The number of nitrogens with one attached hydrogen (secondary N) is 1. The van der Waals surface area contributed by atoms with Crippen molar-refractivity contribution < 1.29 is 13.2 Å². The number of sulfonamides is 1. The first kappa shape index (κ1) is 20.4. The summed E-state index contributed by atoms with van der Waals surface area (Å²) in [4.78, 5) is 12.7. The van der Waals surface area contributed by atoms with E-state index >= 15 is 0 Å². The lowest BCUT2D eigenvalue weighted by molar-refractivity contribution is -0.115. The second kappa shape index (κ2) is 8.48. The topological polar surface area (TPSA) is 66.5 Å². The van der Waals surface area contributed by atoms with Gasteiger partial charge in [0.15, 0.2) is 0 Å². The Kier molecular flexibility index (Phi) is 5.77. The average molecular weight is 423 g/mol. The van der Waals surface area contributed by atoms with Gasteiger partial charge in [0.1, 0.15) is 0 Å². The summed E-state index contributed by atoms with van der Waals surface area (Å²) in [6.45, 7) is 2.39. The van der Waals surface area contributed by atoms with Gasteiger partial charge < -0.3 is 5.32 Å². The third-order valence-electron chi connectivity index (χ3n) is 5.47. The molecule has 5 nitrogen and oxygen atoms in total. The smallest absolute Gasteiger partial charge is 0.235 e. The molecule has 0 unspecified atom stereocenters. The predicted molar refractivity (Wildman–Crippen MR) is 122 cm³/mol. The summed E-state index contributed by atoms with van der Waals surface area (Å²) in [6, 6.07) is 19.5. The Balaban J connectivity index is 1.52. The number of fused-ring (bicyclic) bond motifs is 2. The van der Waals surface area contributed by atoms with Crippen molar-refractivity contribution in [2.24, 2.45) is 0 Å². The molecule has 0 aliphatic carbocycles. The summed E-state index contributed by atoms with van der Waals surface area (Å²) in [7, 11) is -3.30. The molecular weight excluding hydrogens is 396 g/mol. The van der Waals surface area contributed by atoms with Crippen molar-refractivity contribution in [3.8, 4) is 0 Å². The van der Waals surface area contributed by atoms with Crippen molar-refractivity contribution in [3.63, 3.8) is 0 Å². The summed E-state index contributed by atoms with van der Waals surface area (Å²) in [5.41, 5.74) is 3.39. The van der Waals surface area contributed by atoms with E-state index in [1.165, 1.54) is 4.31 Å². The third-order valence-corrected chi connectivity index (χ3v) is 7.44. The van der Waals surface area contributed by atoms with E-state index in [-0.39, 0.29) is 18.1 Å². The van der Waals surface area contributed by atoms with Gasteiger partial charge in [-0.05, 0) is 59.4 Å². The minimum absolute atomic E-state index is 0.0856. The molecule has 0 spiro atoms.